The predicted molar refractivity (Wildman–Crippen MR) is 180 cm³/mol. The Kier molecular flexibility index (Phi) is 7.49. The number of nitrogens with one attached hydrogen (secondary N) is 1. The van der Waals surface area contributed by atoms with Gasteiger partial charge in [0, 0.05) is 43.2 Å². The minimum atomic E-state index is -0.134. The summed E-state index contributed by atoms with van der Waals surface area (Å²) in [5.41, 5.74) is 7.71. The van der Waals surface area contributed by atoms with E-state index in [0.717, 1.165) is 28.5 Å². The molecule has 0 radical (unpaired) electrons. The number of hydrogen-bond acceptors (Lipinski definition) is 5. The summed E-state index contributed by atoms with van der Waals surface area (Å²) in [6.07, 6.45) is 2.92. The lowest BCUT2D eigenvalue weighted by molar-refractivity contribution is 0.0558. The van der Waals surface area contributed by atoms with Gasteiger partial charge in [-0.15, -0.1) is 0 Å². The molecule has 2 aliphatic heterocycles. The third-order valence-electron chi connectivity index (χ3n) is 10.2. The van der Waals surface area contributed by atoms with Crippen molar-refractivity contribution in [3.8, 4) is 11.5 Å². The Morgan fingerprint density at radius 1 is 0.889 bits per heavy atom. The molecule has 3 aromatic carbocycles. The highest BCUT2D eigenvalue weighted by atomic mass is 35.5. The molecule has 45 heavy (non-hydrogen) atoms. The lowest BCUT2D eigenvalue weighted by atomic mass is 9.62. The predicted octanol–water partition coefficient (Wildman–Crippen LogP) is 8.86. The normalized spacial score (nSPS) is 20.2. The molecule has 1 atom stereocenters. The molecule has 3 heterocycles. The molecule has 1 aromatic heterocycles. The van der Waals surface area contributed by atoms with E-state index in [-0.39, 0.29) is 22.9 Å². The number of ether oxygens (including phenoxy) is 1. The van der Waals surface area contributed by atoms with E-state index in [1.807, 2.05) is 59.5 Å². The molecule has 1 N–H and O–H groups in total. The number of nitrogens with zero attached hydrogens (tertiary/aromatic N) is 2. The standard InChI is InChI=1S/C38H42ClN3O3/c1-24-20-29-30(38(4,5)15-14-37(29,2)3)22-25(24)21-27-11-13-34(44-27)36(43)42-18-16-41(17-19-42)35-28-23-26(39)10-12-32(28)45-33-9-7-6-8-31(33)40-35/h6-13,20,22-23,35,40H,14-19,21H2,1-5H3. The average molecular weight is 624 g/mol. The summed E-state index contributed by atoms with van der Waals surface area (Å²) in [6, 6.07) is 22.3. The van der Waals surface area contributed by atoms with Crippen molar-refractivity contribution in [2.45, 2.75) is 70.9 Å². The lowest BCUT2D eigenvalue weighted by Gasteiger charge is -2.42. The largest absolute Gasteiger partial charge is 0.456 e. The topological polar surface area (TPSA) is 58.0 Å². The molecule has 7 heteroatoms. The zero-order chi connectivity index (χ0) is 31.5. The van der Waals surface area contributed by atoms with Crippen LogP contribution in [-0.2, 0) is 17.3 Å². The van der Waals surface area contributed by atoms with Crippen LogP contribution in [0.15, 0.2) is 71.1 Å². The molecule has 0 saturated carbocycles. The van der Waals surface area contributed by atoms with Crippen LogP contribution in [0, 0.1) is 6.92 Å². The minimum Gasteiger partial charge on any atom is -0.456 e. The van der Waals surface area contributed by atoms with E-state index in [9.17, 15) is 4.79 Å². The molecule has 7 rings (SSSR count). The van der Waals surface area contributed by atoms with Crippen LogP contribution in [0.25, 0.3) is 0 Å². The third-order valence-corrected chi connectivity index (χ3v) is 10.4. The van der Waals surface area contributed by atoms with E-state index < -0.39 is 0 Å². The van der Waals surface area contributed by atoms with E-state index in [1.54, 1.807) is 0 Å². The summed E-state index contributed by atoms with van der Waals surface area (Å²) < 4.78 is 12.5. The Morgan fingerprint density at radius 2 is 1.60 bits per heavy atom. The summed E-state index contributed by atoms with van der Waals surface area (Å²) in [5, 5.41) is 4.33. The Morgan fingerprint density at radius 3 is 2.36 bits per heavy atom. The fraction of sp³-hybridized carbons (Fsp3) is 0.395. The molecular weight excluding hydrogens is 582 g/mol. The number of benzene rings is 3. The first kappa shape index (κ1) is 29.9. The second kappa shape index (κ2) is 11.3. The zero-order valence-electron chi connectivity index (χ0n) is 26.9. The van der Waals surface area contributed by atoms with Gasteiger partial charge in [-0.1, -0.05) is 63.6 Å². The average Bonchev–Trinajstić information content (AvgIpc) is 3.42. The number of amides is 1. The number of fused-ring (bicyclic) bond motifs is 3. The van der Waals surface area contributed by atoms with Crippen molar-refractivity contribution in [1.29, 1.82) is 0 Å². The van der Waals surface area contributed by atoms with Crippen molar-refractivity contribution < 1.29 is 13.9 Å². The summed E-state index contributed by atoms with van der Waals surface area (Å²) in [4.78, 5) is 17.8. The number of anilines is 1. The summed E-state index contributed by atoms with van der Waals surface area (Å²) in [7, 11) is 0. The summed E-state index contributed by atoms with van der Waals surface area (Å²) in [5.74, 6) is 2.73. The maximum Gasteiger partial charge on any atom is 0.289 e. The molecular formula is C38H42ClN3O3. The van der Waals surface area contributed by atoms with E-state index in [2.05, 4.69) is 57.0 Å². The molecule has 3 aliphatic rings. The van der Waals surface area contributed by atoms with Gasteiger partial charge in [0.2, 0.25) is 0 Å². The van der Waals surface area contributed by atoms with Gasteiger partial charge in [0.15, 0.2) is 11.5 Å². The number of carbonyl (C=O) groups is 1. The fourth-order valence-corrected chi connectivity index (χ4v) is 7.38. The van der Waals surface area contributed by atoms with Crippen molar-refractivity contribution >= 4 is 23.2 Å². The molecule has 1 amide bonds. The molecule has 1 aliphatic carbocycles. The highest BCUT2D eigenvalue weighted by Gasteiger charge is 2.38. The SMILES string of the molecule is Cc1cc2c(cc1Cc1ccc(C(=O)N3CCN(C4Nc5ccccc5Oc5ccc(Cl)cc54)CC3)o1)C(C)(C)CCC2(C)C. The fourth-order valence-electron chi connectivity index (χ4n) is 7.20. The minimum absolute atomic E-state index is 0.0584. The summed E-state index contributed by atoms with van der Waals surface area (Å²) in [6.45, 7) is 14.2. The number of para-hydroxylation sites is 2. The second-order valence-electron chi connectivity index (χ2n) is 14.2. The Balaban J connectivity index is 1.05. The molecule has 6 nitrogen and oxygen atoms in total. The lowest BCUT2D eigenvalue weighted by Crippen LogP contribution is -2.50. The zero-order valence-corrected chi connectivity index (χ0v) is 27.6. The van der Waals surface area contributed by atoms with E-state index in [4.69, 9.17) is 20.8 Å². The number of furan rings is 1. The number of aryl methyl sites for hydroxylation is 1. The maximum atomic E-state index is 13.6. The number of carbonyl (C=O) groups excluding carboxylic acids is 1. The van der Waals surface area contributed by atoms with Crippen molar-refractivity contribution in [3.63, 3.8) is 0 Å². The number of rotatable bonds is 4. The van der Waals surface area contributed by atoms with Gasteiger partial charge >= 0.3 is 0 Å². The molecule has 1 fully saturated rings. The number of hydrogen-bond donors (Lipinski definition) is 1. The van der Waals surface area contributed by atoms with Crippen LogP contribution in [0.3, 0.4) is 0 Å². The van der Waals surface area contributed by atoms with Crippen molar-refractivity contribution in [2.24, 2.45) is 0 Å². The van der Waals surface area contributed by atoms with Gasteiger partial charge in [0.25, 0.3) is 5.91 Å². The quantitative estimate of drug-likeness (QED) is 0.246. The van der Waals surface area contributed by atoms with Crippen LogP contribution in [0.5, 0.6) is 11.5 Å². The Bertz CT molecular complexity index is 1770. The van der Waals surface area contributed by atoms with Crippen LogP contribution in [-0.4, -0.2) is 41.9 Å². The molecule has 1 saturated heterocycles. The second-order valence-corrected chi connectivity index (χ2v) is 14.6. The number of halogens is 1. The van der Waals surface area contributed by atoms with Gasteiger partial charge in [0.1, 0.15) is 17.7 Å². The van der Waals surface area contributed by atoms with Crippen LogP contribution in [0.4, 0.5) is 5.69 Å². The molecule has 234 valence electrons. The first-order valence-corrected chi connectivity index (χ1v) is 16.5. The smallest absolute Gasteiger partial charge is 0.289 e. The van der Waals surface area contributed by atoms with Gasteiger partial charge in [0.05, 0.1) is 5.69 Å². The molecule has 0 bridgehead atoms. The van der Waals surface area contributed by atoms with Gasteiger partial charge in [-0.3, -0.25) is 9.69 Å². The first-order chi connectivity index (χ1) is 21.5. The van der Waals surface area contributed by atoms with Gasteiger partial charge in [-0.2, -0.15) is 0 Å². The van der Waals surface area contributed by atoms with Crippen LogP contribution >= 0.6 is 11.6 Å². The van der Waals surface area contributed by atoms with Crippen molar-refractivity contribution in [1.82, 2.24) is 9.80 Å². The van der Waals surface area contributed by atoms with Crippen molar-refractivity contribution in [2.75, 3.05) is 31.5 Å². The molecule has 1 unspecified atom stereocenters. The monoisotopic (exact) mass is 623 g/mol. The van der Waals surface area contributed by atoms with Gasteiger partial charge < -0.3 is 19.4 Å². The van der Waals surface area contributed by atoms with E-state index >= 15 is 0 Å². The Hall–Kier alpha value is -3.74. The molecule has 0 spiro atoms. The van der Waals surface area contributed by atoms with Crippen LogP contribution in [0.2, 0.25) is 5.02 Å². The molecule has 4 aromatic rings. The number of piperazine rings is 1. The third kappa shape index (κ3) is 5.64. The van der Waals surface area contributed by atoms with Crippen LogP contribution < -0.4 is 10.1 Å². The highest BCUT2D eigenvalue weighted by molar-refractivity contribution is 6.30. The maximum absolute atomic E-state index is 13.6. The van der Waals surface area contributed by atoms with E-state index in [1.165, 1.54) is 35.1 Å². The van der Waals surface area contributed by atoms with Gasteiger partial charge in [-0.25, -0.2) is 0 Å². The Labute approximate surface area is 271 Å². The first-order valence-electron chi connectivity index (χ1n) is 16.1. The van der Waals surface area contributed by atoms with E-state index in [0.29, 0.717) is 43.4 Å². The summed E-state index contributed by atoms with van der Waals surface area (Å²) >= 11 is 6.43. The van der Waals surface area contributed by atoms with Crippen LogP contribution in [0.1, 0.15) is 90.8 Å². The highest BCUT2D eigenvalue weighted by Crippen LogP contribution is 2.47. The van der Waals surface area contributed by atoms with Crippen molar-refractivity contribution in [3.05, 3.63) is 111 Å². The van der Waals surface area contributed by atoms with Gasteiger partial charge in [-0.05, 0) is 95.3 Å².